The second-order valence-corrected chi connectivity index (χ2v) is 21.3. The summed E-state index contributed by atoms with van der Waals surface area (Å²) in [5, 5.41) is 0. The van der Waals surface area contributed by atoms with Crippen molar-refractivity contribution in [2.24, 2.45) is 0 Å². The molecular formula is C68H120O6. The minimum Gasteiger partial charge on any atom is -0.462 e. The van der Waals surface area contributed by atoms with Crippen molar-refractivity contribution in [2.75, 3.05) is 13.2 Å². The third-order valence-corrected chi connectivity index (χ3v) is 13.9. The summed E-state index contributed by atoms with van der Waals surface area (Å²) in [6.07, 6.45) is 80.5. The molecule has 0 radical (unpaired) electrons. The molecule has 428 valence electrons. The van der Waals surface area contributed by atoms with Crippen molar-refractivity contribution in [3.63, 3.8) is 0 Å². The molecule has 0 aliphatic rings. The van der Waals surface area contributed by atoms with Gasteiger partial charge in [-0.1, -0.05) is 267 Å². The lowest BCUT2D eigenvalue weighted by atomic mass is 10.0. The van der Waals surface area contributed by atoms with Gasteiger partial charge in [-0.3, -0.25) is 14.4 Å². The number of carbonyl (C=O) groups excluding carboxylic acids is 3. The van der Waals surface area contributed by atoms with Gasteiger partial charge in [-0.05, 0) is 109 Å². The van der Waals surface area contributed by atoms with Gasteiger partial charge in [0.05, 0.1) is 0 Å². The third kappa shape index (κ3) is 59.7. The van der Waals surface area contributed by atoms with Crippen LogP contribution in [-0.4, -0.2) is 37.2 Å². The Morgan fingerprint density at radius 1 is 0.270 bits per heavy atom. The van der Waals surface area contributed by atoms with Crippen molar-refractivity contribution in [1.29, 1.82) is 0 Å². The maximum atomic E-state index is 12.9. The van der Waals surface area contributed by atoms with Crippen LogP contribution in [0.15, 0.2) is 72.9 Å². The molecule has 0 saturated carbocycles. The van der Waals surface area contributed by atoms with Gasteiger partial charge in [-0.15, -0.1) is 0 Å². The molecule has 0 rings (SSSR count). The number of ether oxygens (including phenoxy) is 3. The molecule has 6 heteroatoms. The molecule has 1 unspecified atom stereocenters. The maximum absolute atomic E-state index is 12.9. The van der Waals surface area contributed by atoms with E-state index in [0.29, 0.717) is 19.3 Å². The highest BCUT2D eigenvalue weighted by Crippen LogP contribution is 2.16. The van der Waals surface area contributed by atoms with Crippen molar-refractivity contribution in [3.8, 4) is 0 Å². The van der Waals surface area contributed by atoms with Crippen LogP contribution in [-0.2, 0) is 28.6 Å². The lowest BCUT2D eigenvalue weighted by Gasteiger charge is -2.18. The number of rotatable bonds is 58. The average molecular weight is 1030 g/mol. The smallest absolute Gasteiger partial charge is 0.306 e. The zero-order chi connectivity index (χ0) is 53.6. The van der Waals surface area contributed by atoms with Crippen molar-refractivity contribution in [1.82, 2.24) is 0 Å². The van der Waals surface area contributed by atoms with E-state index >= 15 is 0 Å². The van der Waals surface area contributed by atoms with Gasteiger partial charge in [0.1, 0.15) is 13.2 Å². The quantitative estimate of drug-likeness (QED) is 0.0261. The van der Waals surface area contributed by atoms with Gasteiger partial charge >= 0.3 is 17.9 Å². The second kappa shape index (κ2) is 62.4. The first-order valence-corrected chi connectivity index (χ1v) is 31.9. The number of esters is 3. The highest BCUT2D eigenvalue weighted by atomic mass is 16.6. The fraction of sp³-hybridized carbons (Fsp3) is 0.779. The van der Waals surface area contributed by atoms with Gasteiger partial charge in [0, 0.05) is 19.3 Å². The van der Waals surface area contributed by atoms with Crippen LogP contribution in [0, 0.1) is 0 Å². The molecule has 1 atom stereocenters. The normalized spacial score (nSPS) is 12.5. The van der Waals surface area contributed by atoms with E-state index in [9.17, 15) is 14.4 Å². The Bertz CT molecular complexity index is 1370. The van der Waals surface area contributed by atoms with Crippen LogP contribution in [0.3, 0.4) is 0 Å². The molecular weight excluding hydrogens is 913 g/mol. The van der Waals surface area contributed by atoms with Crippen LogP contribution in [0.4, 0.5) is 0 Å². The number of carbonyl (C=O) groups is 3. The molecule has 0 fully saturated rings. The summed E-state index contributed by atoms with van der Waals surface area (Å²) < 4.78 is 16.9. The zero-order valence-corrected chi connectivity index (χ0v) is 49.1. The van der Waals surface area contributed by atoms with Crippen LogP contribution in [0.1, 0.15) is 323 Å². The Hall–Kier alpha value is -3.15. The number of hydrogen-bond donors (Lipinski definition) is 0. The second-order valence-electron chi connectivity index (χ2n) is 21.3. The lowest BCUT2D eigenvalue weighted by Crippen LogP contribution is -2.30. The maximum Gasteiger partial charge on any atom is 0.306 e. The minimum atomic E-state index is -0.786. The van der Waals surface area contributed by atoms with Gasteiger partial charge < -0.3 is 14.2 Å². The average Bonchev–Trinajstić information content (AvgIpc) is 3.40. The molecule has 0 aliphatic carbocycles. The fourth-order valence-corrected chi connectivity index (χ4v) is 9.07. The predicted molar refractivity (Wildman–Crippen MR) is 321 cm³/mol. The van der Waals surface area contributed by atoms with Crippen LogP contribution < -0.4 is 0 Å². The Morgan fingerprint density at radius 3 is 0.811 bits per heavy atom. The Balaban J connectivity index is 4.30. The fourth-order valence-electron chi connectivity index (χ4n) is 9.07. The highest BCUT2D eigenvalue weighted by molar-refractivity contribution is 5.71. The molecule has 0 aromatic rings. The first kappa shape index (κ1) is 70.8. The third-order valence-electron chi connectivity index (χ3n) is 13.9. The van der Waals surface area contributed by atoms with E-state index in [2.05, 4.69) is 93.7 Å². The van der Waals surface area contributed by atoms with E-state index in [1.54, 1.807) is 0 Å². The summed E-state index contributed by atoms with van der Waals surface area (Å²) in [5.74, 6) is -0.893. The van der Waals surface area contributed by atoms with E-state index in [4.69, 9.17) is 14.2 Å². The summed E-state index contributed by atoms with van der Waals surface area (Å²) in [5.41, 5.74) is 0. The first-order chi connectivity index (χ1) is 36.5. The lowest BCUT2D eigenvalue weighted by molar-refractivity contribution is -0.167. The first-order valence-electron chi connectivity index (χ1n) is 31.9. The van der Waals surface area contributed by atoms with Crippen LogP contribution in [0.25, 0.3) is 0 Å². The van der Waals surface area contributed by atoms with E-state index in [1.807, 2.05) is 0 Å². The van der Waals surface area contributed by atoms with Crippen LogP contribution in [0.2, 0.25) is 0 Å². The highest BCUT2D eigenvalue weighted by Gasteiger charge is 2.19. The molecule has 0 aromatic heterocycles. The van der Waals surface area contributed by atoms with Crippen molar-refractivity contribution >= 4 is 17.9 Å². The zero-order valence-electron chi connectivity index (χ0n) is 49.1. The van der Waals surface area contributed by atoms with Crippen molar-refractivity contribution < 1.29 is 28.6 Å². The number of unbranched alkanes of at least 4 members (excludes halogenated alkanes) is 35. The molecule has 0 aliphatic heterocycles. The summed E-state index contributed by atoms with van der Waals surface area (Å²) in [7, 11) is 0. The van der Waals surface area contributed by atoms with Crippen LogP contribution in [0.5, 0.6) is 0 Å². The number of hydrogen-bond acceptors (Lipinski definition) is 6. The Morgan fingerprint density at radius 2 is 0.514 bits per heavy atom. The van der Waals surface area contributed by atoms with E-state index < -0.39 is 6.10 Å². The topological polar surface area (TPSA) is 78.9 Å². The molecule has 0 spiro atoms. The molecule has 0 heterocycles. The molecule has 0 bridgehead atoms. The minimum absolute atomic E-state index is 0.0822. The predicted octanol–water partition coefficient (Wildman–Crippen LogP) is 21.7. The molecule has 74 heavy (non-hydrogen) atoms. The monoisotopic (exact) mass is 1030 g/mol. The van der Waals surface area contributed by atoms with E-state index in [1.165, 1.54) is 180 Å². The SMILES string of the molecule is CCC/C=C\C/C=C\CCCCCCCC(=O)OCC(COC(=O)CCCCCCCCCCCCCCC/C=C\C/C=C\CCCCCCC)OC(=O)CCCCCCCCC/C=C\C/C=C\CCCCCC. The molecule has 6 nitrogen and oxygen atoms in total. The van der Waals surface area contributed by atoms with E-state index in [-0.39, 0.29) is 31.1 Å². The van der Waals surface area contributed by atoms with Gasteiger partial charge in [0.25, 0.3) is 0 Å². The number of allylic oxidation sites excluding steroid dienone is 12. The van der Waals surface area contributed by atoms with Gasteiger partial charge in [-0.2, -0.15) is 0 Å². The molecule has 0 saturated heterocycles. The summed E-state index contributed by atoms with van der Waals surface area (Å²) in [4.78, 5) is 38.3. The van der Waals surface area contributed by atoms with E-state index in [0.717, 1.165) is 103 Å². The largest absolute Gasteiger partial charge is 0.462 e. The summed E-state index contributed by atoms with van der Waals surface area (Å²) >= 11 is 0. The summed E-state index contributed by atoms with van der Waals surface area (Å²) in [6, 6.07) is 0. The van der Waals surface area contributed by atoms with Crippen LogP contribution >= 0.6 is 0 Å². The Kier molecular flexibility index (Phi) is 59.7. The standard InChI is InChI=1S/C68H120O6/c1-4-7-10-13-16-19-22-25-27-29-31-32-33-34-35-36-37-39-40-43-46-49-52-55-58-61-67(70)73-64-65(63-72-66(69)60-57-54-51-48-45-42-24-21-18-15-12-9-6-3)74-68(71)62-59-56-53-50-47-44-41-38-30-28-26-23-20-17-14-11-8-5-2/h12,15,20-25,28-31,65H,4-11,13-14,16-19,26-27,32-64H2,1-3H3/b15-12-,23-20-,24-21-,25-22-,30-28-,31-29-. The molecule has 0 amide bonds. The Labute approximate surface area is 459 Å². The van der Waals surface area contributed by atoms with Crippen molar-refractivity contribution in [2.45, 2.75) is 329 Å². The van der Waals surface area contributed by atoms with Gasteiger partial charge in [0.15, 0.2) is 6.10 Å². The van der Waals surface area contributed by atoms with Gasteiger partial charge in [-0.25, -0.2) is 0 Å². The molecule has 0 N–H and O–H groups in total. The van der Waals surface area contributed by atoms with Crippen molar-refractivity contribution in [3.05, 3.63) is 72.9 Å². The molecule has 0 aromatic carbocycles. The summed E-state index contributed by atoms with van der Waals surface area (Å²) in [6.45, 7) is 6.56. The van der Waals surface area contributed by atoms with Gasteiger partial charge in [0.2, 0.25) is 0 Å².